The van der Waals surface area contributed by atoms with Crippen LogP contribution in [-0.4, -0.2) is 11.9 Å². The summed E-state index contributed by atoms with van der Waals surface area (Å²) in [5.74, 6) is -1.55. The van der Waals surface area contributed by atoms with E-state index < -0.39 is 17.9 Å². The number of unbranched alkanes of at least 4 members (excludes halogenated alkanes) is 1. The highest BCUT2D eigenvalue weighted by molar-refractivity contribution is 5.91. The van der Waals surface area contributed by atoms with Gasteiger partial charge in [-0.05, 0) is 17.5 Å². The van der Waals surface area contributed by atoms with Gasteiger partial charge in [0, 0.05) is 6.42 Å². The van der Waals surface area contributed by atoms with Crippen LogP contribution in [0.1, 0.15) is 43.2 Å². The summed E-state index contributed by atoms with van der Waals surface area (Å²) in [6.07, 6.45) is 1.90. The van der Waals surface area contributed by atoms with E-state index in [1.54, 1.807) is 0 Å². The van der Waals surface area contributed by atoms with Gasteiger partial charge in [-0.2, -0.15) is 0 Å². The highest BCUT2D eigenvalue weighted by Crippen LogP contribution is 2.26. The molecule has 0 amide bonds. The second-order valence-electron chi connectivity index (χ2n) is 5.15. The molecule has 0 saturated heterocycles. The van der Waals surface area contributed by atoms with Gasteiger partial charge in [0.05, 0.1) is 0 Å². The molecule has 3 nitrogen and oxygen atoms in total. The third-order valence-corrected chi connectivity index (χ3v) is 3.45. The smallest absolute Gasteiger partial charge is 0.325 e. The van der Waals surface area contributed by atoms with Crippen molar-refractivity contribution in [3.8, 4) is 0 Å². The van der Waals surface area contributed by atoms with E-state index in [1.165, 1.54) is 0 Å². The number of ether oxygens (including phenoxy) is 1. The molecule has 0 spiro atoms. The number of rotatable bonds is 6. The molecule has 0 fully saturated rings. The number of benzene rings is 2. The summed E-state index contributed by atoms with van der Waals surface area (Å²) >= 11 is 0. The molecule has 2 aromatic rings. The molecule has 0 bridgehead atoms. The molecule has 0 saturated carbocycles. The minimum absolute atomic E-state index is 0.276. The Labute approximate surface area is 130 Å². The quantitative estimate of drug-likeness (QED) is 0.596. The minimum Gasteiger partial charge on any atom is -0.392 e. The molecule has 0 heterocycles. The summed E-state index contributed by atoms with van der Waals surface area (Å²) in [6.45, 7) is 1.99. The Bertz CT molecular complexity index is 566. The second kappa shape index (κ2) is 8.13. The maximum absolute atomic E-state index is 12.5. The standard InChI is InChI=1S/C19H20O3/c1-2-3-14-17(20)22-19(21)18(15-10-6-4-7-11-15)16-12-8-5-9-13-16/h4-13,18H,2-3,14H2,1H3. The van der Waals surface area contributed by atoms with Crippen LogP contribution >= 0.6 is 0 Å². The predicted molar refractivity (Wildman–Crippen MR) is 85.4 cm³/mol. The molecule has 114 valence electrons. The van der Waals surface area contributed by atoms with Crippen molar-refractivity contribution >= 4 is 11.9 Å². The largest absolute Gasteiger partial charge is 0.392 e. The third kappa shape index (κ3) is 4.29. The van der Waals surface area contributed by atoms with Gasteiger partial charge in [-0.25, -0.2) is 0 Å². The molecule has 0 aromatic heterocycles. The van der Waals surface area contributed by atoms with E-state index in [0.717, 1.165) is 24.0 Å². The monoisotopic (exact) mass is 296 g/mol. The van der Waals surface area contributed by atoms with Crippen molar-refractivity contribution in [2.24, 2.45) is 0 Å². The van der Waals surface area contributed by atoms with Crippen LogP contribution in [0.2, 0.25) is 0 Å². The lowest BCUT2D eigenvalue weighted by atomic mass is 9.91. The molecule has 22 heavy (non-hydrogen) atoms. The zero-order chi connectivity index (χ0) is 15.8. The van der Waals surface area contributed by atoms with Crippen molar-refractivity contribution in [1.82, 2.24) is 0 Å². The fourth-order valence-electron chi connectivity index (χ4n) is 2.30. The molecule has 2 aromatic carbocycles. The van der Waals surface area contributed by atoms with Crippen molar-refractivity contribution in [2.75, 3.05) is 0 Å². The van der Waals surface area contributed by atoms with Crippen LogP contribution in [0, 0.1) is 0 Å². The van der Waals surface area contributed by atoms with E-state index >= 15 is 0 Å². The molecular formula is C19H20O3. The van der Waals surface area contributed by atoms with Gasteiger partial charge < -0.3 is 4.74 Å². The van der Waals surface area contributed by atoms with Crippen molar-refractivity contribution in [2.45, 2.75) is 32.1 Å². The van der Waals surface area contributed by atoms with Gasteiger partial charge in [0.1, 0.15) is 5.92 Å². The molecule has 0 aliphatic carbocycles. The van der Waals surface area contributed by atoms with Gasteiger partial charge in [0.25, 0.3) is 0 Å². The van der Waals surface area contributed by atoms with Crippen molar-refractivity contribution in [1.29, 1.82) is 0 Å². The molecule has 0 aliphatic heterocycles. The maximum Gasteiger partial charge on any atom is 0.325 e. The van der Waals surface area contributed by atoms with Gasteiger partial charge >= 0.3 is 11.9 Å². The van der Waals surface area contributed by atoms with E-state index in [-0.39, 0.29) is 6.42 Å². The van der Waals surface area contributed by atoms with Crippen molar-refractivity contribution in [3.63, 3.8) is 0 Å². The number of hydrogen-bond acceptors (Lipinski definition) is 3. The molecule has 0 aliphatic rings. The van der Waals surface area contributed by atoms with E-state index in [0.29, 0.717) is 0 Å². The van der Waals surface area contributed by atoms with Crippen LogP contribution in [0.5, 0.6) is 0 Å². The number of hydrogen-bond donors (Lipinski definition) is 0. The Hall–Kier alpha value is -2.42. The first kappa shape index (κ1) is 16.0. The average molecular weight is 296 g/mol. The van der Waals surface area contributed by atoms with Crippen LogP contribution in [0.25, 0.3) is 0 Å². The minimum atomic E-state index is -0.576. The van der Waals surface area contributed by atoms with Crippen LogP contribution in [0.15, 0.2) is 60.7 Å². The summed E-state index contributed by atoms with van der Waals surface area (Å²) in [4.78, 5) is 24.2. The summed E-state index contributed by atoms with van der Waals surface area (Å²) in [5.41, 5.74) is 1.64. The maximum atomic E-state index is 12.5. The van der Waals surface area contributed by atoms with E-state index in [2.05, 4.69) is 0 Å². The Morgan fingerprint density at radius 3 is 1.86 bits per heavy atom. The average Bonchev–Trinajstić information content (AvgIpc) is 2.55. The third-order valence-electron chi connectivity index (χ3n) is 3.45. The Morgan fingerprint density at radius 1 is 0.909 bits per heavy atom. The lowest BCUT2D eigenvalue weighted by Gasteiger charge is -2.16. The van der Waals surface area contributed by atoms with Crippen LogP contribution < -0.4 is 0 Å². The zero-order valence-corrected chi connectivity index (χ0v) is 12.7. The SMILES string of the molecule is CCCCC(=O)OC(=O)C(c1ccccc1)c1ccccc1. The summed E-state index contributed by atoms with van der Waals surface area (Å²) in [6, 6.07) is 18.8. The first-order chi connectivity index (χ1) is 10.7. The first-order valence-electron chi connectivity index (χ1n) is 7.56. The molecule has 3 heteroatoms. The van der Waals surface area contributed by atoms with Crippen molar-refractivity contribution < 1.29 is 14.3 Å². The van der Waals surface area contributed by atoms with Gasteiger partial charge in [-0.1, -0.05) is 74.0 Å². The van der Waals surface area contributed by atoms with Crippen LogP contribution in [-0.2, 0) is 14.3 Å². The topological polar surface area (TPSA) is 43.4 Å². The highest BCUT2D eigenvalue weighted by atomic mass is 16.6. The number of carbonyl (C=O) groups is 2. The van der Waals surface area contributed by atoms with Gasteiger partial charge in [0.15, 0.2) is 0 Å². The van der Waals surface area contributed by atoms with Gasteiger partial charge in [-0.15, -0.1) is 0 Å². The Kier molecular flexibility index (Phi) is 5.90. The zero-order valence-electron chi connectivity index (χ0n) is 12.7. The van der Waals surface area contributed by atoms with E-state index in [9.17, 15) is 9.59 Å². The fourth-order valence-corrected chi connectivity index (χ4v) is 2.30. The van der Waals surface area contributed by atoms with E-state index in [1.807, 2.05) is 67.6 Å². The number of esters is 2. The highest BCUT2D eigenvalue weighted by Gasteiger charge is 2.26. The molecular weight excluding hydrogens is 276 g/mol. The lowest BCUT2D eigenvalue weighted by molar-refractivity contribution is -0.160. The molecule has 0 unspecified atom stereocenters. The second-order valence-corrected chi connectivity index (χ2v) is 5.15. The van der Waals surface area contributed by atoms with Gasteiger partial charge in [0.2, 0.25) is 0 Å². The summed E-state index contributed by atoms with van der Waals surface area (Å²) < 4.78 is 5.05. The first-order valence-corrected chi connectivity index (χ1v) is 7.56. The van der Waals surface area contributed by atoms with Crippen LogP contribution in [0.4, 0.5) is 0 Å². The van der Waals surface area contributed by atoms with Gasteiger partial charge in [-0.3, -0.25) is 9.59 Å². The molecule has 0 radical (unpaired) electrons. The van der Waals surface area contributed by atoms with Crippen LogP contribution in [0.3, 0.4) is 0 Å². The Morgan fingerprint density at radius 2 is 1.41 bits per heavy atom. The molecule has 0 N–H and O–H groups in total. The molecule has 0 atom stereocenters. The summed E-state index contributed by atoms with van der Waals surface area (Å²) in [7, 11) is 0. The normalized spacial score (nSPS) is 10.5. The number of carbonyl (C=O) groups excluding carboxylic acids is 2. The summed E-state index contributed by atoms with van der Waals surface area (Å²) in [5, 5.41) is 0. The fraction of sp³-hybridized carbons (Fsp3) is 0.263. The van der Waals surface area contributed by atoms with E-state index in [4.69, 9.17) is 4.74 Å². The molecule has 2 rings (SSSR count). The predicted octanol–water partition coefficient (Wildman–Crippen LogP) is 4.08. The lowest BCUT2D eigenvalue weighted by Crippen LogP contribution is -2.20. The Balaban J connectivity index is 2.22. The van der Waals surface area contributed by atoms with Crippen molar-refractivity contribution in [3.05, 3.63) is 71.8 Å².